The summed E-state index contributed by atoms with van der Waals surface area (Å²) >= 11 is 0. The van der Waals surface area contributed by atoms with E-state index in [0.717, 1.165) is 19.0 Å². The third-order valence-corrected chi connectivity index (χ3v) is 4.23. The van der Waals surface area contributed by atoms with Crippen LogP contribution in [0.4, 0.5) is 5.69 Å². The lowest BCUT2D eigenvalue weighted by Crippen LogP contribution is -2.56. The maximum absolute atomic E-state index is 3.68. The zero-order valence-electron chi connectivity index (χ0n) is 13.0. The highest BCUT2D eigenvalue weighted by Crippen LogP contribution is 2.24. The number of nitrogens with one attached hydrogen (secondary N) is 1. The number of hydrogen-bond acceptors (Lipinski definition) is 2. The van der Waals surface area contributed by atoms with Crippen LogP contribution in [0.3, 0.4) is 0 Å². The van der Waals surface area contributed by atoms with Crippen LogP contribution >= 0.6 is 0 Å². The fraction of sp³-hybridized carbons (Fsp3) is 0.647. The normalized spacial score (nSPS) is 24.0. The van der Waals surface area contributed by atoms with Crippen LogP contribution in [-0.2, 0) is 0 Å². The Labute approximate surface area is 118 Å². The van der Waals surface area contributed by atoms with Crippen LogP contribution < -0.4 is 10.2 Å². The van der Waals surface area contributed by atoms with Gasteiger partial charge in [-0.25, -0.2) is 0 Å². The Morgan fingerprint density at radius 1 is 1.26 bits per heavy atom. The lowest BCUT2D eigenvalue weighted by Gasteiger charge is -2.41. The van der Waals surface area contributed by atoms with Crippen molar-refractivity contribution in [2.45, 2.75) is 53.1 Å². The highest BCUT2D eigenvalue weighted by molar-refractivity contribution is 5.52. The number of benzene rings is 1. The Kier molecular flexibility index (Phi) is 4.51. The first kappa shape index (κ1) is 14.4. The van der Waals surface area contributed by atoms with Crippen molar-refractivity contribution in [2.75, 3.05) is 18.0 Å². The first-order valence-electron chi connectivity index (χ1n) is 7.54. The van der Waals surface area contributed by atoms with E-state index in [1.165, 1.54) is 23.2 Å². The molecule has 1 aliphatic rings. The number of piperazine rings is 1. The molecule has 2 atom stereocenters. The molecule has 2 unspecified atom stereocenters. The van der Waals surface area contributed by atoms with Crippen LogP contribution in [-0.4, -0.2) is 25.2 Å². The predicted molar refractivity (Wildman–Crippen MR) is 84.0 cm³/mol. The Morgan fingerprint density at radius 2 is 2.00 bits per heavy atom. The molecule has 0 spiro atoms. The van der Waals surface area contributed by atoms with Crippen molar-refractivity contribution < 1.29 is 0 Å². The molecular formula is C17H28N2. The van der Waals surface area contributed by atoms with Crippen LogP contribution in [0.2, 0.25) is 0 Å². The minimum atomic E-state index is 0.575. The van der Waals surface area contributed by atoms with Gasteiger partial charge in [0.1, 0.15) is 0 Å². The van der Waals surface area contributed by atoms with Gasteiger partial charge < -0.3 is 10.2 Å². The molecule has 19 heavy (non-hydrogen) atoms. The second kappa shape index (κ2) is 5.96. The number of hydrogen-bond donors (Lipinski definition) is 1. The molecule has 1 heterocycles. The topological polar surface area (TPSA) is 15.3 Å². The summed E-state index contributed by atoms with van der Waals surface area (Å²) in [4.78, 5) is 2.57. The van der Waals surface area contributed by atoms with Gasteiger partial charge in [-0.05, 0) is 56.4 Å². The van der Waals surface area contributed by atoms with Gasteiger partial charge in [0.15, 0.2) is 0 Å². The summed E-state index contributed by atoms with van der Waals surface area (Å²) in [5, 5.41) is 3.68. The lowest BCUT2D eigenvalue weighted by molar-refractivity contribution is 0.356. The van der Waals surface area contributed by atoms with Crippen LogP contribution in [0.1, 0.15) is 38.3 Å². The Balaban J connectivity index is 2.14. The second-order valence-corrected chi connectivity index (χ2v) is 6.50. The highest BCUT2D eigenvalue weighted by Gasteiger charge is 2.25. The molecule has 0 radical (unpaired) electrons. The molecule has 1 aromatic rings. The van der Waals surface area contributed by atoms with Gasteiger partial charge in [0.05, 0.1) is 0 Å². The van der Waals surface area contributed by atoms with Gasteiger partial charge in [0.25, 0.3) is 0 Å². The summed E-state index contributed by atoms with van der Waals surface area (Å²) < 4.78 is 0. The lowest BCUT2D eigenvalue weighted by atomic mass is 9.99. The molecule has 0 aromatic heterocycles. The van der Waals surface area contributed by atoms with E-state index in [9.17, 15) is 0 Å². The smallest absolute Gasteiger partial charge is 0.0387 e. The number of nitrogens with zero attached hydrogens (tertiary/aromatic N) is 1. The minimum absolute atomic E-state index is 0.575. The van der Waals surface area contributed by atoms with Gasteiger partial charge in [-0.2, -0.15) is 0 Å². The van der Waals surface area contributed by atoms with Gasteiger partial charge >= 0.3 is 0 Å². The van der Waals surface area contributed by atoms with Crippen molar-refractivity contribution in [1.29, 1.82) is 0 Å². The molecule has 0 amide bonds. The molecule has 0 bridgehead atoms. The Morgan fingerprint density at radius 3 is 2.63 bits per heavy atom. The molecule has 106 valence electrons. The van der Waals surface area contributed by atoms with Crippen molar-refractivity contribution in [1.82, 2.24) is 5.32 Å². The summed E-state index contributed by atoms with van der Waals surface area (Å²) in [5.41, 5.74) is 4.15. The van der Waals surface area contributed by atoms with Gasteiger partial charge in [-0.15, -0.1) is 0 Å². The fourth-order valence-electron chi connectivity index (χ4n) is 2.92. The quantitative estimate of drug-likeness (QED) is 0.894. The molecular weight excluding hydrogens is 232 g/mol. The maximum atomic E-state index is 3.68. The summed E-state index contributed by atoms with van der Waals surface area (Å²) in [6, 6.07) is 8.06. The molecule has 1 saturated heterocycles. The minimum Gasteiger partial charge on any atom is -0.366 e. The molecule has 2 nitrogen and oxygen atoms in total. The Hall–Kier alpha value is -1.02. The summed E-state index contributed by atoms with van der Waals surface area (Å²) in [6.07, 6.45) is 1.26. The first-order chi connectivity index (χ1) is 8.97. The summed E-state index contributed by atoms with van der Waals surface area (Å²) in [6.45, 7) is 13.5. The first-order valence-corrected chi connectivity index (χ1v) is 7.54. The van der Waals surface area contributed by atoms with Gasteiger partial charge in [-0.3, -0.25) is 0 Å². The monoisotopic (exact) mass is 260 g/mol. The molecule has 0 aliphatic carbocycles. The van der Waals surface area contributed by atoms with Gasteiger partial charge in [0.2, 0.25) is 0 Å². The van der Waals surface area contributed by atoms with Gasteiger partial charge in [0, 0.05) is 30.9 Å². The third-order valence-electron chi connectivity index (χ3n) is 4.23. The predicted octanol–water partition coefficient (Wildman–Crippen LogP) is 3.52. The zero-order chi connectivity index (χ0) is 14.0. The molecule has 1 fully saturated rings. The SMILES string of the molecule is Cc1ccc(N2CC(CC(C)C)NCC2C)cc1C. The maximum Gasteiger partial charge on any atom is 0.0387 e. The van der Waals surface area contributed by atoms with E-state index in [2.05, 4.69) is 63.0 Å². The molecule has 1 aliphatic heterocycles. The molecule has 2 heteroatoms. The number of aryl methyl sites for hydroxylation is 2. The van der Waals surface area contributed by atoms with E-state index < -0.39 is 0 Å². The van der Waals surface area contributed by atoms with Crippen LogP contribution in [0.5, 0.6) is 0 Å². The van der Waals surface area contributed by atoms with E-state index in [0.29, 0.717) is 12.1 Å². The van der Waals surface area contributed by atoms with E-state index >= 15 is 0 Å². The van der Waals surface area contributed by atoms with Gasteiger partial charge in [-0.1, -0.05) is 19.9 Å². The third kappa shape index (κ3) is 3.50. The highest BCUT2D eigenvalue weighted by atomic mass is 15.2. The number of rotatable bonds is 3. The van der Waals surface area contributed by atoms with Crippen molar-refractivity contribution >= 4 is 5.69 Å². The Bertz CT molecular complexity index is 425. The summed E-state index contributed by atoms with van der Waals surface area (Å²) in [7, 11) is 0. The molecule has 0 saturated carbocycles. The molecule has 1 N–H and O–H groups in total. The fourth-order valence-corrected chi connectivity index (χ4v) is 2.92. The van der Waals surface area contributed by atoms with Crippen LogP contribution in [0.15, 0.2) is 18.2 Å². The van der Waals surface area contributed by atoms with Crippen LogP contribution in [0.25, 0.3) is 0 Å². The van der Waals surface area contributed by atoms with Crippen molar-refractivity contribution in [3.63, 3.8) is 0 Å². The second-order valence-electron chi connectivity index (χ2n) is 6.50. The van der Waals surface area contributed by atoms with Crippen molar-refractivity contribution in [3.8, 4) is 0 Å². The van der Waals surface area contributed by atoms with E-state index in [-0.39, 0.29) is 0 Å². The standard InChI is InChI=1S/C17H28N2/c1-12(2)8-16-11-19(15(5)10-18-16)17-7-6-13(3)14(4)9-17/h6-7,9,12,15-16,18H,8,10-11H2,1-5H3. The van der Waals surface area contributed by atoms with Crippen molar-refractivity contribution in [2.24, 2.45) is 5.92 Å². The summed E-state index contributed by atoms with van der Waals surface area (Å²) in [5.74, 6) is 0.757. The largest absolute Gasteiger partial charge is 0.366 e. The number of anilines is 1. The zero-order valence-corrected chi connectivity index (χ0v) is 13.0. The average Bonchev–Trinajstić information content (AvgIpc) is 2.34. The van der Waals surface area contributed by atoms with Crippen molar-refractivity contribution in [3.05, 3.63) is 29.3 Å². The van der Waals surface area contributed by atoms with E-state index in [1.807, 2.05) is 0 Å². The van der Waals surface area contributed by atoms with E-state index in [4.69, 9.17) is 0 Å². The molecule has 2 rings (SSSR count). The average molecular weight is 260 g/mol. The molecule has 1 aromatic carbocycles. The van der Waals surface area contributed by atoms with Crippen LogP contribution in [0, 0.1) is 19.8 Å². The van der Waals surface area contributed by atoms with E-state index in [1.54, 1.807) is 0 Å².